The summed E-state index contributed by atoms with van der Waals surface area (Å²) in [6.45, 7) is 15.4. The van der Waals surface area contributed by atoms with E-state index in [2.05, 4.69) is 357 Å². The topological polar surface area (TPSA) is 36.9 Å². The minimum absolute atomic E-state index is 0.240. The monoisotopic (exact) mass is 1670 g/mol. The van der Waals surface area contributed by atoms with Crippen LogP contribution in [0.4, 0.5) is 0 Å². The molecule has 8 aliphatic carbocycles. The molecule has 0 N–H and O–H groups in total. The van der Waals surface area contributed by atoms with Gasteiger partial charge in [-0.2, -0.15) is 0 Å². The summed E-state index contributed by atoms with van der Waals surface area (Å²) in [5.41, 5.74) is 20.9. The maximum atomic E-state index is 12.2. The van der Waals surface area contributed by atoms with Crippen molar-refractivity contribution in [2.24, 2.45) is 0 Å². The van der Waals surface area contributed by atoms with Gasteiger partial charge in [0.05, 0.1) is 0 Å². The second-order valence-corrected chi connectivity index (χ2v) is 75.4. The van der Waals surface area contributed by atoms with Crippen LogP contribution in [0.3, 0.4) is 0 Å². The Bertz CT molecular complexity index is 6100. The third kappa shape index (κ3) is 7.96. The molecule has 8 unspecified atom stereocenters. The summed E-state index contributed by atoms with van der Waals surface area (Å²) in [5.74, 6) is 2.59. The predicted molar refractivity (Wildman–Crippen MR) is 497 cm³/mol. The predicted octanol–water partition coefficient (Wildman–Crippen LogP) is 28.8. The van der Waals surface area contributed by atoms with Crippen LogP contribution in [0.25, 0.3) is 86.2 Å². The van der Waals surface area contributed by atoms with Gasteiger partial charge < -0.3 is 0 Å². The molecule has 117 heavy (non-hydrogen) atoms. The molecule has 574 valence electrons. The van der Waals surface area contributed by atoms with Crippen molar-refractivity contribution in [3.05, 3.63) is 405 Å². The zero-order valence-corrected chi connectivity index (χ0v) is 74.1. The van der Waals surface area contributed by atoms with Gasteiger partial charge in [-0.15, -0.1) is 0 Å². The average Bonchev–Trinajstić information content (AvgIpc) is 1.49. The molecule has 0 saturated carbocycles. The second kappa shape index (κ2) is 25.6. The molecule has 4 nitrogen and oxygen atoms in total. The third-order valence-electron chi connectivity index (χ3n) is 31.2. The van der Waals surface area contributed by atoms with Crippen LogP contribution in [0.5, 0.6) is 23.0 Å². The Hall–Kier alpha value is -10.3. The summed E-state index contributed by atoms with van der Waals surface area (Å²) in [6, 6.07) is 73.6. The van der Waals surface area contributed by atoms with Gasteiger partial charge in [-0.05, 0) is 0 Å². The zero-order chi connectivity index (χ0) is 79.7. The number of ether oxygens (including phenoxy) is 4. The molecule has 2 fully saturated rings. The van der Waals surface area contributed by atoms with E-state index in [1.165, 1.54) is 132 Å². The quantitative estimate of drug-likeness (QED) is 0.101. The van der Waals surface area contributed by atoms with Crippen molar-refractivity contribution in [3.63, 3.8) is 0 Å². The van der Waals surface area contributed by atoms with Crippen molar-refractivity contribution in [1.29, 1.82) is 0 Å². The van der Waals surface area contributed by atoms with Crippen LogP contribution in [0, 0.1) is 0 Å². The van der Waals surface area contributed by atoms with E-state index in [4.69, 9.17) is 18.9 Å². The summed E-state index contributed by atoms with van der Waals surface area (Å²) in [7, 11) is 26.0. The summed E-state index contributed by atoms with van der Waals surface area (Å²) in [4.78, 5) is 0. The Morgan fingerprint density at radius 2 is 0.444 bits per heavy atom. The minimum atomic E-state index is -8.24. The average molecular weight is 1670 g/mol. The molecule has 9 heteroatoms. The van der Waals surface area contributed by atoms with Gasteiger partial charge in [-0.25, -0.2) is 0 Å². The van der Waals surface area contributed by atoms with Crippen LogP contribution in [0.15, 0.2) is 383 Å². The van der Waals surface area contributed by atoms with E-state index in [1.54, 1.807) is 0 Å². The number of hydrogen-bond donors (Lipinski definition) is 0. The van der Waals surface area contributed by atoms with Gasteiger partial charge in [0.2, 0.25) is 0 Å². The number of methoxy groups -OCH3 is 4. The Morgan fingerprint density at radius 1 is 0.274 bits per heavy atom. The van der Waals surface area contributed by atoms with Gasteiger partial charge in [0.25, 0.3) is 0 Å². The van der Waals surface area contributed by atoms with Crippen LogP contribution in [0.1, 0.15) is 87.5 Å². The Morgan fingerprint density at radius 3 is 0.607 bits per heavy atom. The number of hydrogen-bond acceptors (Lipinski definition) is 4. The van der Waals surface area contributed by atoms with Gasteiger partial charge in [0.15, 0.2) is 0 Å². The molecule has 12 aromatic rings. The van der Waals surface area contributed by atoms with Crippen LogP contribution >= 0.6 is 17.0 Å². The van der Waals surface area contributed by atoms with Crippen molar-refractivity contribution >= 4 is 121 Å². The zero-order valence-electron chi connectivity index (χ0n) is 67.8. The van der Waals surface area contributed by atoms with Gasteiger partial charge in [0, 0.05) is 0 Å². The summed E-state index contributed by atoms with van der Waals surface area (Å²) < 4.78 is 22.6. The van der Waals surface area contributed by atoms with Crippen LogP contribution in [-0.4, -0.2) is 46.0 Å². The fourth-order valence-electron chi connectivity index (χ4n) is 28.8. The molecule has 0 bridgehead atoms. The fourth-order valence-corrected chi connectivity index (χ4v) is 149. The Kier molecular flexibility index (Phi) is 16.0. The fraction of sp³-hybridized carbons (Fsp3) is 0.185. The first kappa shape index (κ1) is 73.1. The summed E-state index contributed by atoms with van der Waals surface area (Å²) >= 11 is -8.24. The molecular formula is C108H92Cl2O4Si2Zr. The number of fused-ring (bicyclic) bond motifs is 16. The SMILES string of the molecule is CC[SiH]1[C]2(C(C)=CC3=C2C=CC=CC3c2c3ccccc3c(OC)c3ccccc23)[Zr]2([Cl])([Cl])([C]13C(C)=CC1=C3C=CC=CC1c1c3ccccc3c(OC)c3ccccc13)[C]1(C(C)=CC3=C1C=CC=CC3c1c3ccccc3c(OC)c3ccccc13)[SiH](CC)[C]21C(C)=CC2=C1C=CC=CC2c1c2ccccc2c(OC)c2ccccc12. The molecule has 12 aromatic carbocycles. The molecule has 0 amide bonds. The molecule has 2 aliphatic heterocycles. The molecule has 0 radical (unpaired) electrons. The molecule has 10 aliphatic rings. The Balaban J connectivity index is 0.956. The maximum absolute atomic E-state index is 12.2. The van der Waals surface area contributed by atoms with Crippen molar-refractivity contribution in [2.75, 3.05) is 28.4 Å². The van der Waals surface area contributed by atoms with Gasteiger partial charge in [-0.1, -0.05) is 0 Å². The van der Waals surface area contributed by atoms with Gasteiger partial charge in [0.1, 0.15) is 0 Å². The van der Waals surface area contributed by atoms with E-state index in [1.807, 2.05) is 28.4 Å². The second-order valence-electron chi connectivity index (χ2n) is 34.6. The van der Waals surface area contributed by atoms with Gasteiger partial charge >= 0.3 is 699 Å². The van der Waals surface area contributed by atoms with Crippen molar-refractivity contribution in [1.82, 2.24) is 0 Å². The molecule has 0 aromatic heterocycles. The first-order chi connectivity index (χ1) is 57.2. The van der Waals surface area contributed by atoms with Crippen LogP contribution < -0.4 is 18.9 Å². The van der Waals surface area contributed by atoms with E-state index >= 15 is 0 Å². The van der Waals surface area contributed by atoms with E-state index in [0.29, 0.717) is 0 Å². The van der Waals surface area contributed by atoms with E-state index in [9.17, 15) is 17.0 Å². The van der Waals surface area contributed by atoms with E-state index in [-0.39, 0.29) is 23.7 Å². The standard InChI is InChI=1S/2C54H46O2Si.2ClH.Zr/c2*1-6-57(53-33(2)31-47-39(23-11-17-29-45(47)53)49-35-19-7-13-25-41(35)51(55-4)42-26-14-8-20-36(42)49)54-34(3)32-48-40(24-12-18-30-46(48)54)50-37-21-9-15-27-43(37)52(56-5)44-28-16-10-22-38(44)50;;;/h2*7-32,39-40,57H,6H2,1-5H3;2*1H;/q;;;;+2/p-2. The Labute approximate surface area is 693 Å². The first-order valence-electron chi connectivity index (χ1n) is 41.9. The van der Waals surface area contributed by atoms with Gasteiger partial charge in [-0.3, -0.25) is 0 Å². The summed E-state index contributed by atoms with van der Waals surface area (Å²) in [6.07, 6.45) is 50.4. The molecular weight excluding hydrogens is 1580 g/mol. The number of rotatable bonds is 10. The van der Waals surface area contributed by atoms with E-state index in [0.717, 1.165) is 78.2 Å². The molecule has 22 rings (SSSR count). The summed E-state index contributed by atoms with van der Waals surface area (Å²) in [5, 5.41) is 18.1. The number of halogens is 2. The first-order valence-corrected chi connectivity index (χ1v) is 57.1. The molecule has 2 heterocycles. The molecule has 8 atom stereocenters. The number of allylic oxidation sites excluding steroid dienone is 32. The van der Waals surface area contributed by atoms with Crippen molar-refractivity contribution < 1.29 is 33.9 Å². The van der Waals surface area contributed by atoms with Crippen molar-refractivity contribution in [2.45, 2.75) is 88.3 Å². The molecule has 2 saturated heterocycles. The van der Waals surface area contributed by atoms with Crippen LogP contribution in [-0.2, 0) is 14.9 Å². The van der Waals surface area contributed by atoms with E-state index < -0.39 is 43.5 Å². The van der Waals surface area contributed by atoms with Crippen molar-refractivity contribution in [3.8, 4) is 23.0 Å². The normalized spacial score (nSPS) is 27.7. The molecule has 5 spiro atoms. The number of benzene rings is 12. The van der Waals surface area contributed by atoms with Crippen LogP contribution in [0.2, 0.25) is 23.1 Å². The third-order valence-corrected chi connectivity index (χ3v) is 114.